The van der Waals surface area contributed by atoms with Gasteiger partial charge in [0.15, 0.2) is 0 Å². The number of carbonyl (C=O) groups is 1. The molecule has 20 heavy (non-hydrogen) atoms. The molecule has 0 aliphatic rings. The lowest BCUT2D eigenvalue weighted by Gasteiger charge is -2.07. The predicted molar refractivity (Wildman–Crippen MR) is 85.6 cm³/mol. The molecule has 0 aliphatic carbocycles. The van der Waals surface area contributed by atoms with Gasteiger partial charge in [0.1, 0.15) is 0 Å². The second-order valence-electron chi connectivity index (χ2n) is 4.46. The Labute approximate surface area is 128 Å². The van der Waals surface area contributed by atoms with E-state index in [0.717, 1.165) is 6.42 Å². The lowest BCUT2D eigenvalue weighted by molar-refractivity contribution is 0.0488. The lowest BCUT2D eigenvalue weighted by Crippen LogP contribution is -2.07. The highest BCUT2D eigenvalue weighted by Crippen LogP contribution is 2.23. The van der Waals surface area contributed by atoms with Crippen LogP contribution in [0, 0.1) is 5.92 Å². The van der Waals surface area contributed by atoms with Crippen LogP contribution in [0.2, 0.25) is 0 Å². The van der Waals surface area contributed by atoms with E-state index in [0.29, 0.717) is 29.5 Å². The minimum atomic E-state index is -0.423. The summed E-state index contributed by atoms with van der Waals surface area (Å²) in [6.07, 6.45) is 0.814. The molecule has 4 nitrogen and oxygen atoms in total. The fraction of sp³-hybridized carbons (Fsp3) is 0.357. The number of carbonyl (C=O) groups excluding carboxylic acids is 1. The second kappa shape index (κ2) is 8.46. The fourth-order valence-electron chi connectivity index (χ4n) is 1.42. The summed E-state index contributed by atoms with van der Waals surface area (Å²) in [4.78, 5) is 19.6. The van der Waals surface area contributed by atoms with Gasteiger partial charge in [0.25, 0.3) is 0 Å². The fourth-order valence-corrected chi connectivity index (χ4v) is 1.63. The van der Waals surface area contributed by atoms with E-state index in [-0.39, 0.29) is 0 Å². The molecule has 0 saturated carbocycles. The molecular weight excluding hydrogens is 292 g/mol. The predicted octanol–water partition coefficient (Wildman–Crippen LogP) is 4.36. The zero-order chi connectivity index (χ0) is 15.0. The van der Waals surface area contributed by atoms with Crippen molar-refractivity contribution in [2.75, 3.05) is 6.61 Å². The summed E-state index contributed by atoms with van der Waals surface area (Å²) in [5, 5.41) is 4.49. The number of hydrogen-bond acceptors (Lipinski definition) is 6. The van der Waals surface area contributed by atoms with Gasteiger partial charge in [-0.15, -0.1) is 0 Å². The molecule has 1 rings (SSSR count). The Morgan fingerprint density at radius 2 is 1.75 bits per heavy atom. The number of esters is 1. The maximum atomic E-state index is 11.9. The topological polar surface area (TPSA) is 51.0 Å². The minimum absolute atomic E-state index is 0.351. The van der Waals surface area contributed by atoms with E-state index >= 15 is 0 Å². The monoisotopic (exact) mass is 306 g/mol. The number of aliphatic imine (C=N–C) groups is 2. The van der Waals surface area contributed by atoms with Gasteiger partial charge in [0.2, 0.25) is 0 Å². The van der Waals surface area contributed by atoms with Crippen molar-refractivity contribution in [1.29, 1.82) is 0 Å². The average molecular weight is 306 g/mol. The number of isothiocyanates is 2. The number of thiocarbonyl (C=S) groups is 2. The van der Waals surface area contributed by atoms with Crippen LogP contribution in [-0.4, -0.2) is 22.9 Å². The molecule has 1 aromatic carbocycles. The lowest BCUT2D eigenvalue weighted by atomic mass is 10.1. The van der Waals surface area contributed by atoms with Crippen LogP contribution in [-0.2, 0) is 4.74 Å². The van der Waals surface area contributed by atoms with Gasteiger partial charge in [-0.1, -0.05) is 13.8 Å². The van der Waals surface area contributed by atoms with Crippen molar-refractivity contribution in [3.8, 4) is 0 Å². The molecule has 1 aromatic rings. The van der Waals surface area contributed by atoms with Crippen LogP contribution in [0.25, 0.3) is 0 Å². The molecule has 0 radical (unpaired) electrons. The zero-order valence-electron chi connectivity index (χ0n) is 11.3. The van der Waals surface area contributed by atoms with E-state index < -0.39 is 5.97 Å². The molecule has 0 aromatic heterocycles. The summed E-state index contributed by atoms with van der Waals surface area (Å²) in [6, 6.07) is 4.77. The summed E-state index contributed by atoms with van der Waals surface area (Å²) >= 11 is 9.10. The normalized spacial score (nSPS) is 9.55. The molecule has 0 atom stereocenters. The van der Waals surface area contributed by atoms with Crippen molar-refractivity contribution in [2.45, 2.75) is 20.3 Å². The average Bonchev–Trinajstić information content (AvgIpc) is 2.38. The second-order valence-corrected chi connectivity index (χ2v) is 4.83. The molecule has 104 valence electrons. The molecule has 6 heteroatoms. The van der Waals surface area contributed by atoms with Crippen LogP contribution < -0.4 is 0 Å². The summed E-state index contributed by atoms with van der Waals surface area (Å²) in [5.74, 6) is 0.0522. The van der Waals surface area contributed by atoms with Gasteiger partial charge in [-0.25, -0.2) is 4.79 Å². The van der Waals surface area contributed by atoms with Crippen molar-refractivity contribution in [1.82, 2.24) is 0 Å². The van der Waals surface area contributed by atoms with Crippen molar-refractivity contribution in [2.24, 2.45) is 15.9 Å². The van der Waals surface area contributed by atoms with Crippen molar-refractivity contribution < 1.29 is 9.53 Å². The number of ether oxygens (including phenoxy) is 1. The third-order valence-electron chi connectivity index (χ3n) is 2.42. The van der Waals surface area contributed by atoms with Crippen LogP contribution in [0.5, 0.6) is 0 Å². The van der Waals surface area contributed by atoms with Gasteiger partial charge in [-0.3, -0.25) is 0 Å². The van der Waals surface area contributed by atoms with Gasteiger partial charge < -0.3 is 4.74 Å². The summed E-state index contributed by atoms with van der Waals surface area (Å²) in [7, 11) is 0. The number of benzene rings is 1. The van der Waals surface area contributed by atoms with Crippen molar-refractivity contribution >= 4 is 52.1 Å². The standard InChI is InChI=1S/C14H14N2O2S2/c1-10(2)3-4-18-14(17)11-5-12(15-8-19)7-13(6-11)16-9-20/h5-7,10H,3-4H2,1-2H3. The first kappa shape index (κ1) is 16.3. The highest BCUT2D eigenvalue weighted by Gasteiger charge is 2.10. The smallest absolute Gasteiger partial charge is 0.338 e. The molecule has 0 unspecified atom stereocenters. The largest absolute Gasteiger partial charge is 0.462 e. The quantitative estimate of drug-likeness (QED) is 0.445. The van der Waals surface area contributed by atoms with Crippen LogP contribution in [0.4, 0.5) is 11.4 Å². The van der Waals surface area contributed by atoms with E-state index in [1.807, 2.05) is 0 Å². The Bertz CT molecular complexity index is 551. The van der Waals surface area contributed by atoms with E-state index in [9.17, 15) is 4.79 Å². The molecule has 0 amide bonds. The molecule has 0 bridgehead atoms. The van der Waals surface area contributed by atoms with Crippen LogP contribution >= 0.6 is 24.4 Å². The Morgan fingerprint density at radius 3 is 2.20 bits per heavy atom. The highest BCUT2D eigenvalue weighted by molar-refractivity contribution is 7.78. The number of rotatable bonds is 6. The third-order valence-corrected chi connectivity index (χ3v) is 2.60. The molecule has 0 heterocycles. The first-order chi connectivity index (χ1) is 9.56. The van der Waals surface area contributed by atoms with Gasteiger partial charge >= 0.3 is 5.97 Å². The van der Waals surface area contributed by atoms with Gasteiger partial charge in [0, 0.05) is 0 Å². The summed E-state index contributed by atoms with van der Waals surface area (Å²) < 4.78 is 5.19. The van der Waals surface area contributed by atoms with Gasteiger partial charge in [0.05, 0.1) is 33.9 Å². The Morgan fingerprint density at radius 1 is 1.20 bits per heavy atom. The maximum Gasteiger partial charge on any atom is 0.338 e. The summed E-state index contributed by atoms with van der Waals surface area (Å²) in [6.45, 7) is 4.51. The Hall–Kier alpha value is -1.71. The molecule has 0 N–H and O–H groups in total. The Kier molecular flexibility index (Phi) is 6.91. The number of hydrogen-bond donors (Lipinski definition) is 0. The SMILES string of the molecule is CC(C)CCOC(=O)c1cc(N=C=S)cc(N=C=S)c1. The number of nitrogens with zero attached hydrogens (tertiary/aromatic N) is 2. The molecule has 0 aliphatic heterocycles. The van der Waals surface area contributed by atoms with E-state index in [1.165, 1.54) is 0 Å². The van der Waals surface area contributed by atoms with Gasteiger partial charge in [-0.2, -0.15) is 9.98 Å². The summed E-state index contributed by atoms with van der Waals surface area (Å²) in [5.41, 5.74) is 1.30. The third kappa shape index (κ3) is 5.51. The molecule has 0 fully saturated rings. The first-order valence-corrected chi connectivity index (χ1v) is 6.86. The minimum Gasteiger partial charge on any atom is -0.462 e. The van der Waals surface area contributed by atoms with E-state index in [4.69, 9.17) is 4.74 Å². The molecule has 0 saturated heterocycles. The molecule has 0 spiro atoms. The van der Waals surface area contributed by atoms with E-state index in [1.54, 1.807) is 18.2 Å². The van der Waals surface area contributed by atoms with Gasteiger partial charge in [-0.05, 0) is 55.0 Å². The maximum absolute atomic E-state index is 11.9. The van der Waals surface area contributed by atoms with Crippen LogP contribution in [0.15, 0.2) is 28.2 Å². The highest BCUT2D eigenvalue weighted by atomic mass is 32.1. The van der Waals surface area contributed by atoms with Crippen LogP contribution in [0.1, 0.15) is 30.6 Å². The van der Waals surface area contributed by atoms with Crippen LogP contribution in [0.3, 0.4) is 0 Å². The Balaban J connectivity index is 2.94. The first-order valence-electron chi connectivity index (χ1n) is 6.04. The van der Waals surface area contributed by atoms with E-state index in [2.05, 4.69) is 58.6 Å². The molecular formula is C14H14N2O2S2. The van der Waals surface area contributed by atoms with Crippen molar-refractivity contribution in [3.63, 3.8) is 0 Å². The van der Waals surface area contributed by atoms with Crippen molar-refractivity contribution in [3.05, 3.63) is 23.8 Å². The zero-order valence-corrected chi connectivity index (χ0v) is 12.9.